The Morgan fingerprint density at radius 3 is 1.97 bits per heavy atom. The summed E-state index contributed by atoms with van der Waals surface area (Å²) in [7, 11) is -2.68. The van der Waals surface area contributed by atoms with E-state index >= 15 is 0 Å². The first kappa shape index (κ1) is 27.4. The van der Waals surface area contributed by atoms with Gasteiger partial charge in [0.2, 0.25) is 0 Å². The van der Waals surface area contributed by atoms with Gasteiger partial charge >= 0.3 is 0 Å². The summed E-state index contributed by atoms with van der Waals surface area (Å²) in [5.74, 6) is 0.165. The van der Waals surface area contributed by atoms with Gasteiger partial charge in [0, 0.05) is 30.9 Å². The topological polar surface area (TPSA) is 75.8 Å². The molecule has 198 valence electrons. The highest BCUT2D eigenvalue weighted by molar-refractivity contribution is 6.99. The average Bonchev–Trinajstić information content (AvgIpc) is 2.88. The zero-order chi connectivity index (χ0) is 27.5. The van der Waals surface area contributed by atoms with Crippen molar-refractivity contribution < 1.29 is 14.5 Å². The number of allylic oxidation sites excluding steroid dienone is 1. The van der Waals surface area contributed by atoms with E-state index in [1.807, 2.05) is 43.0 Å². The molecule has 0 unspecified atom stereocenters. The van der Waals surface area contributed by atoms with E-state index in [1.54, 1.807) is 12.1 Å². The van der Waals surface area contributed by atoms with Crippen LogP contribution in [0.15, 0.2) is 96.4 Å². The molecule has 0 saturated carbocycles. The van der Waals surface area contributed by atoms with Gasteiger partial charge in [-0.25, -0.2) is 0 Å². The first-order valence-corrected chi connectivity index (χ1v) is 14.8. The first-order chi connectivity index (χ1) is 18.1. The summed E-state index contributed by atoms with van der Waals surface area (Å²) in [6.07, 6.45) is 4.50. The third-order valence-corrected chi connectivity index (χ3v) is 12.3. The molecule has 3 aromatic carbocycles. The summed E-state index contributed by atoms with van der Waals surface area (Å²) in [4.78, 5) is 12.7. The van der Waals surface area contributed by atoms with Crippen molar-refractivity contribution in [3.8, 4) is 0 Å². The van der Waals surface area contributed by atoms with E-state index in [-0.39, 0.29) is 21.5 Å². The number of aryl methyl sites for hydroxylation is 2. The third kappa shape index (κ3) is 5.17. The van der Waals surface area contributed by atoms with Crippen LogP contribution in [0.2, 0.25) is 5.04 Å². The smallest absolute Gasteiger partial charge is 0.270 e. The van der Waals surface area contributed by atoms with Crippen molar-refractivity contribution in [3.05, 3.63) is 118 Å². The lowest BCUT2D eigenvalue weighted by atomic mass is 10.0. The Balaban J connectivity index is 1.65. The van der Waals surface area contributed by atoms with Crippen LogP contribution in [0.5, 0.6) is 0 Å². The van der Waals surface area contributed by atoms with Crippen LogP contribution in [0, 0.1) is 24.0 Å². The van der Waals surface area contributed by atoms with Crippen molar-refractivity contribution in [2.75, 3.05) is 18.1 Å². The lowest BCUT2D eigenvalue weighted by molar-refractivity contribution is -0.384. The number of anilines is 1. The van der Waals surface area contributed by atoms with E-state index in [0.717, 1.165) is 22.4 Å². The number of nitro benzene ring substituents is 1. The maximum absolute atomic E-state index is 11.3. The highest BCUT2D eigenvalue weighted by atomic mass is 28.4. The van der Waals surface area contributed by atoms with Crippen molar-refractivity contribution in [2.45, 2.75) is 46.1 Å². The number of benzene rings is 3. The minimum absolute atomic E-state index is 0.0543. The Morgan fingerprint density at radius 1 is 0.974 bits per heavy atom. The monoisotopic (exact) mass is 528 g/mol. The van der Waals surface area contributed by atoms with Crippen LogP contribution in [0.4, 0.5) is 11.4 Å². The van der Waals surface area contributed by atoms with Crippen molar-refractivity contribution in [2.24, 2.45) is 0 Å². The molecule has 0 aliphatic carbocycles. The Labute approximate surface area is 226 Å². The van der Waals surface area contributed by atoms with Crippen LogP contribution in [-0.4, -0.2) is 31.5 Å². The molecule has 6 nitrogen and oxygen atoms in total. The summed E-state index contributed by atoms with van der Waals surface area (Å²) >= 11 is 0. The summed E-state index contributed by atoms with van der Waals surface area (Å²) in [6, 6.07) is 24.1. The third-order valence-electron chi connectivity index (χ3n) is 7.21. The highest BCUT2D eigenvalue weighted by Crippen LogP contribution is 2.38. The standard InChI is InChI=1S/C31H36N2O4Si/c1-23-21-26(33(35)36)22-24(2)29(23)32-19-12-13-25(30(32)34)18-20-37-38(31(3,4)5,27-14-8-6-9-15-27)28-16-10-7-11-17-28/h6-17,21-22,34H,18-20H2,1-5H3. The fourth-order valence-electron chi connectivity index (χ4n) is 5.57. The molecule has 0 saturated heterocycles. The van der Waals surface area contributed by atoms with Gasteiger partial charge in [0.1, 0.15) is 0 Å². The molecule has 38 heavy (non-hydrogen) atoms. The molecule has 1 aliphatic rings. The quantitative estimate of drug-likeness (QED) is 0.210. The Kier molecular flexibility index (Phi) is 7.90. The number of nitro groups is 1. The predicted octanol–water partition coefficient (Wildman–Crippen LogP) is 6.32. The zero-order valence-electron chi connectivity index (χ0n) is 22.8. The molecule has 0 amide bonds. The summed E-state index contributed by atoms with van der Waals surface area (Å²) in [6.45, 7) is 11.4. The van der Waals surface area contributed by atoms with Gasteiger partial charge < -0.3 is 14.4 Å². The van der Waals surface area contributed by atoms with E-state index in [2.05, 4.69) is 69.3 Å². The van der Waals surface area contributed by atoms with Crippen LogP contribution in [-0.2, 0) is 4.43 Å². The van der Waals surface area contributed by atoms with E-state index in [1.165, 1.54) is 10.4 Å². The van der Waals surface area contributed by atoms with Gasteiger partial charge in [-0.05, 0) is 46.8 Å². The number of nitrogens with zero attached hydrogens (tertiary/aromatic N) is 2. The van der Waals surface area contributed by atoms with Crippen LogP contribution in [0.1, 0.15) is 38.3 Å². The maximum atomic E-state index is 11.3. The largest absolute Gasteiger partial charge is 0.494 e. The average molecular weight is 529 g/mol. The number of aliphatic hydroxyl groups excluding tert-OH is 1. The second-order valence-corrected chi connectivity index (χ2v) is 15.1. The minimum atomic E-state index is -2.68. The van der Waals surface area contributed by atoms with Crippen molar-refractivity contribution in [1.82, 2.24) is 0 Å². The van der Waals surface area contributed by atoms with Gasteiger partial charge in [-0.2, -0.15) is 0 Å². The summed E-state index contributed by atoms with van der Waals surface area (Å²) in [5.41, 5.74) is 3.14. The lowest BCUT2D eigenvalue weighted by Gasteiger charge is -2.43. The SMILES string of the molecule is Cc1cc([N+](=O)[O-])cc(C)c1N1CC=CC(CCO[Si](c2ccccc2)(c2ccccc2)C(C)(C)C)=C1O. The Morgan fingerprint density at radius 2 is 1.50 bits per heavy atom. The van der Waals surface area contributed by atoms with Gasteiger partial charge in [0.25, 0.3) is 14.0 Å². The van der Waals surface area contributed by atoms with Gasteiger partial charge in [-0.1, -0.05) is 93.6 Å². The van der Waals surface area contributed by atoms with E-state index in [4.69, 9.17) is 4.43 Å². The van der Waals surface area contributed by atoms with Crippen molar-refractivity contribution in [3.63, 3.8) is 0 Å². The number of aliphatic hydroxyl groups is 1. The molecule has 1 heterocycles. The van der Waals surface area contributed by atoms with E-state index in [0.29, 0.717) is 19.6 Å². The van der Waals surface area contributed by atoms with Crippen molar-refractivity contribution >= 4 is 30.1 Å². The van der Waals surface area contributed by atoms with E-state index in [9.17, 15) is 15.2 Å². The fraction of sp³-hybridized carbons (Fsp3) is 0.290. The second kappa shape index (κ2) is 11.0. The molecule has 3 aromatic rings. The van der Waals surface area contributed by atoms with Crippen molar-refractivity contribution in [1.29, 1.82) is 0 Å². The molecular formula is C31H36N2O4Si. The number of hydrogen-bond acceptors (Lipinski definition) is 5. The second-order valence-electron chi connectivity index (χ2n) is 10.8. The molecule has 0 bridgehead atoms. The van der Waals surface area contributed by atoms with Crippen LogP contribution < -0.4 is 15.3 Å². The van der Waals surface area contributed by atoms with Gasteiger partial charge in [0.15, 0.2) is 5.88 Å². The molecular weight excluding hydrogens is 492 g/mol. The normalized spacial score (nSPS) is 14.2. The molecule has 7 heteroatoms. The van der Waals surface area contributed by atoms with Crippen LogP contribution in [0.3, 0.4) is 0 Å². The van der Waals surface area contributed by atoms with Gasteiger partial charge in [-0.15, -0.1) is 0 Å². The molecule has 0 fully saturated rings. The maximum Gasteiger partial charge on any atom is 0.270 e. The molecule has 0 spiro atoms. The van der Waals surface area contributed by atoms with E-state index < -0.39 is 8.32 Å². The highest BCUT2D eigenvalue weighted by Gasteiger charge is 2.50. The molecule has 4 rings (SSSR count). The number of non-ortho nitro benzene ring substituents is 1. The Bertz CT molecular complexity index is 1300. The molecule has 0 aromatic heterocycles. The number of rotatable bonds is 8. The first-order valence-electron chi connectivity index (χ1n) is 12.9. The van der Waals surface area contributed by atoms with Gasteiger partial charge in [0.05, 0.1) is 10.6 Å². The molecule has 0 radical (unpaired) electrons. The molecule has 1 N–H and O–H groups in total. The predicted molar refractivity (Wildman–Crippen MR) is 157 cm³/mol. The van der Waals surface area contributed by atoms with Crippen LogP contribution in [0.25, 0.3) is 0 Å². The van der Waals surface area contributed by atoms with Gasteiger partial charge in [-0.3, -0.25) is 10.1 Å². The zero-order valence-corrected chi connectivity index (χ0v) is 23.8. The van der Waals surface area contributed by atoms with Crippen LogP contribution >= 0.6 is 0 Å². The molecule has 1 aliphatic heterocycles. The summed E-state index contributed by atoms with van der Waals surface area (Å²) in [5, 5.41) is 24.9. The fourth-order valence-corrected chi connectivity index (χ4v) is 10.1. The molecule has 0 atom stereocenters. The lowest BCUT2D eigenvalue weighted by Crippen LogP contribution is -2.66. The number of hydrogen-bond donors (Lipinski definition) is 1. The summed E-state index contributed by atoms with van der Waals surface area (Å²) < 4.78 is 7.01. The minimum Gasteiger partial charge on any atom is -0.494 e. The Hall–Kier alpha value is -3.68.